The van der Waals surface area contributed by atoms with Crippen LogP contribution in [0.3, 0.4) is 0 Å². The SMILES string of the molecule is COc1ccc(-c2cc3c(Cl)ccc(NS(=O)(=O)c4ccc(C(C)(C)C)cc4)n3n2)cn1. The van der Waals surface area contributed by atoms with Crippen LogP contribution in [0.2, 0.25) is 5.02 Å². The summed E-state index contributed by atoms with van der Waals surface area (Å²) in [6, 6.07) is 15.4. The summed E-state index contributed by atoms with van der Waals surface area (Å²) in [5.74, 6) is 0.762. The van der Waals surface area contributed by atoms with Crippen LogP contribution < -0.4 is 9.46 Å². The molecule has 3 heterocycles. The van der Waals surface area contributed by atoms with Crippen molar-refractivity contribution < 1.29 is 13.2 Å². The average molecular weight is 471 g/mol. The van der Waals surface area contributed by atoms with Crippen molar-refractivity contribution in [1.82, 2.24) is 14.6 Å². The number of nitrogens with one attached hydrogen (secondary N) is 1. The van der Waals surface area contributed by atoms with E-state index < -0.39 is 10.0 Å². The van der Waals surface area contributed by atoms with Gasteiger partial charge in [-0.25, -0.2) is 17.9 Å². The summed E-state index contributed by atoms with van der Waals surface area (Å²) in [5, 5.41) is 4.99. The lowest BCUT2D eigenvalue weighted by atomic mass is 9.87. The molecule has 0 aliphatic heterocycles. The number of pyridine rings is 2. The molecule has 0 saturated carbocycles. The van der Waals surface area contributed by atoms with E-state index in [1.165, 1.54) is 4.52 Å². The Labute approximate surface area is 192 Å². The van der Waals surface area contributed by atoms with Crippen LogP contribution in [0.25, 0.3) is 16.8 Å². The molecule has 4 aromatic rings. The van der Waals surface area contributed by atoms with Crippen molar-refractivity contribution in [3.8, 4) is 17.1 Å². The normalized spacial score (nSPS) is 12.2. The first-order valence-electron chi connectivity index (χ1n) is 9.90. The maximum atomic E-state index is 13.0. The molecule has 32 heavy (non-hydrogen) atoms. The molecule has 4 rings (SSSR count). The van der Waals surface area contributed by atoms with Gasteiger partial charge in [0.1, 0.15) is 5.82 Å². The number of halogens is 1. The Bertz CT molecular complexity index is 1370. The third-order valence-corrected chi connectivity index (χ3v) is 6.77. The molecule has 0 unspecified atom stereocenters. The van der Waals surface area contributed by atoms with Gasteiger partial charge in [-0.05, 0) is 47.4 Å². The number of nitrogens with zero attached hydrogens (tertiary/aromatic N) is 3. The summed E-state index contributed by atoms with van der Waals surface area (Å²) >= 11 is 6.35. The molecule has 0 saturated heterocycles. The molecule has 166 valence electrons. The number of benzene rings is 1. The smallest absolute Gasteiger partial charge is 0.263 e. The van der Waals surface area contributed by atoms with E-state index in [0.717, 1.165) is 11.1 Å². The third kappa shape index (κ3) is 4.28. The van der Waals surface area contributed by atoms with E-state index in [9.17, 15) is 8.42 Å². The fraction of sp³-hybridized carbons (Fsp3) is 0.217. The van der Waals surface area contributed by atoms with Gasteiger partial charge in [-0.15, -0.1) is 0 Å². The number of rotatable bonds is 5. The molecule has 1 N–H and O–H groups in total. The van der Waals surface area contributed by atoms with Gasteiger partial charge in [0.25, 0.3) is 10.0 Å². The summed E-state index contributed by atoms with van der Waals surface area (Å²) in [6.45, 7) is 6.23. The molecular weight excluding hydrogens is 448 g/mol. The van der Waals surface area contributed by atoms with E-state index in [4.69, 9.17) is 16.3 Å². The number of hydrogen-bond donors (Lipinski definition) is 1. The van der Waals surface area contributed by atoms with Crippen molar-refractivity contribution in [1.29, 1.82) is 0 Å². The Hall–Kier alpha value is -3.10. The summed E-state index contributed by atoms with van der Waals surface area (Å²) in [4.78, 5) is 4.36. The summed E-state index contributed by atoms with van der Waals surface area (Å²) in [5.41, 5.74) is 2.90. The quantitative estimate of drug-likeness (QED) is 0.435. The number of fused-ring (bicyclic) bond motifs is 1. The van der Waals surface area contributed by atoms with Crippen molar-refractivity contribution in [3.05, 3.63) is 71.4 Å². The molecular formula is C23H23ClN4O3S. The van der Waals surface area contributed by atoms with E-state index in [0.29, 0.717) is 22.1 Å². The largest absolute Gasteiger partial charge is 0.481 e. The molecule has 0 aliphatic carbocycles. The van der Waals surface area contributed by atoms with Gasteiger partial charge in [0.2, 0.25) is 5.88 Å². The van der Waals surface area contributed by atoms with Gasteiger partial charge in [-0.1, -0.05) is 44.5 Å². The second kappa shape index (κ2) is 8.11. The first-order valence-corrected chi connectivity index (χ1v) is 11.8. The highest BCUT2D eigenvalue weighted by molar-refractivity contribution is 7.92. The molecule has 3 aromatic heterocycles. The zero-order valence-corrected chi connectivity index (χ0v) is 19.7. The Kier molecular flexibility index (Phi) is 5.60. The molecule has 0 spiro atoms. The van der Waals surface area contributed by atoms with Gasteiger partial charge in [0.15, 0.2) is 0 Å². The first-order chi connectivity index (χ1) is 15.1. The number of methoxy groups -OCH3 is 1. The minimum absolute atomic E-state index is 0.0696. The van der Waals surface area contributed by atoms with Crippen LogP contribution in [0.1, 0.15) is 26.3 Å². The molecule has 0 aliphatic rings. The standard InChI is InChI=1S/C23H23ClN4O3S/c1-23(2,3)16-6-8-17(9-7-16)32(29,30)27-21-11-10-18(24)20-13-19(26-28(20)21)15-5-12-22(31-4)25-14-15/h5-14,27H,1-4H3. The summed E-state index contributed by atoms with van der Waals surface area (Å²) < 4.78 is 35.2. The fourth-order valence-electron chi connectivity index (χ4n) is 3.24. The minimum atomic E-state index is -3.83. The van der Waals surface area contributed by atoms with Crippen LogP contribution in [-0.2, 0) is 15.4 Å². The van der Waals surface area contributed by atoms with Crippen LogP contribution in [0, 0.1) is 0 Å². The van der Waals surface area contributed by atoms with Crippen molar-refractivity contribution in [2.75, 3.05) is 11.8 Å². The highest BCUT2D eigenvalue weighted by Gasteiger charge is 2.20. The van der Waals surface area contributed by atoms with Crippen LogP contribution in [0.4, 0.5) is 5.82 Å². The van der Waals surface area contributed by atoms with Crippen molar-refractivity contribution >= 4 is 33.0 Å². The Morgan fingerprint density at radius 2 is 1.75 bits per heavy atom. The van der Waals surface area contributed by atoms with E-state index in [1.54, 1.807) is 49.7 Å². The molecule has 0 bridgehead atoms. The third-order valence-electron chi connectivity index (χ3n) is 5.08. The van der Waals surface area contributed by atoms with Crippen LogP contribution in [0.5, 0.6) is 5.88 Å². The number of sulfonamides is 1. The summed E-state index contributed by atoms with van der Waals surface area (Å²) in [6.07, 6.45) is 1.63. The lowest BCUT2D eigenvalue weighted by Crippen LogP contribution is -2.16. The Morgan fingerprint density at radius 1 is 1.03 bits per heavy atom. The second-order valence-electron chi connectivity index (χ2n) is 8.36. The first kappa shape index (κ1) is 22.1. The van der Waals surface area contributed by atoms with Gasteiger partial charge in [-0.2, -0.15) is 5.10 Å². The number of aromatic nitrogens is 3. The second-order valence-corrected chi connectivity index (χ2v) is 10.5. The molecule has 0 radical (unpaired) electrons. The molecule has 0 atom stereocenters. The highest BCUT2D eigenvalue weighted by atomic mass is 35.5. The van der Waals surface area contributed by atoms with Crippen LogP contribution in [0.15, 0.2) is 65.7 Å². The van der Waals surface area contributed by atoms with Crippen molar-refractivity contribution in [2.45, 2.75) is 31.1 Å². The average Bonchev–Trinajstić information content (AvgIpc) is 3.22. The number of hydrogen-bond acceptors (Lipinski definition) is 5. The van der Waals surface area contributed by atoms with Gasteiger partial charge in [0.05, 0.1) is 28.2 Å². The lowest BCUT2D eigenvalue weighted by molar-refractivity contribution is 0.398. The molecule has 1 aromatic carbocycles. The molecule has 0 amide bonds. The topological polar surface area (TPSA) is 85.6 Å². The van der Waals surface area contributed by atoms with Gasteiger partial charge >= 0.3 is 0 Å². The van der Waals surface area contributed by atoms with E-state index in [-0.39, 0.29) is 16.1 Å². The molecule has 0 fully saturated rings. The number of anilines is 1. The zero-order valence-electron chi connectivity index (χ0n) is 18.1. The van der Waals surface area contributed by atoms with E-state index in [2.05, 4.69) is 35.6 Å². The highest BCUT2D eigenvalue weighted by Crippen LogP contribution is 2.29. The monoisotopic (exact) mass is 470 g/mol. The molecule has 9 heteroatoms. The Balaban J connectivity index is 1.71. The lowest BCUT2D eigenvalue weighted by Gasteiger charge is -2.19. The fourth-order valence-corrected chi connectivity index (χ4v) is 4.48. The van der Waals surface area contributed by atoms with Crippen LogP contribution in [-0.4, -0.2) is 30.1 Å². The van der Waals surface area contributed by atoms with Crippen molar-refractivity contribution in [2.24, 2.45) is 0 Å². The zero-order chi connectivity index (χ0) is 23.1. The summed E-state index contributed by atoms with van der Waals surface area (Å²) in [7, 11) is -2.28. The maximum absolute atomic E-state index is 13.0. The van der Waals surface area contributed by atoms with Gasteiger partial charge in [-0.3, -0.25) is 4.72 Å². The minimum Gasteiger partial charge on any atom is -0.481 e. The van der Waals surface area contributed by atoms with Gasteiger partial charge in [0, 0.05) is 17.8 Å². The number of ether oxygens (including phenoxy) is 1. The predicted octanol–water partition coefficient (Wildman–Crippen LogP) is 5.16. The maximum Gasteiger partial charge on any atom is 0.263 e. The predicted molar refractivity (Wildman–Crippen MR) is 126 cm³/mol. The van der Waals surface area contributed by atoms with E-state index >= 15 is 0 Å². The van der Waals surface area contributed by atoms with Crippen molar-refractivity contribution in [3.63, 3.8) is 0 Å². The Morgan fingerprint density at radius 3 is 2.34 bits per heavy atom. The van der Waals surface area contributed by atoms with E-state index in [1.807, 2.05) is 18.2 Å². The van der Waals surface area contributed by atoms with Crippen LogP contribution >= 0.6 is 11.6 Å². The van der Waals surface area contributed by atoms with Gasteiger partial charge < -0.3 is 4.74 Å². The molecule has 7 nitrogen and oxygen atoms in total.